The molecule has 0 bridgehead atoms. The fraction of sp³-hybridized carbons (Fsp3) is 0.529. The molecule has 2 aromatic rings. The van der Waals surface area contributed by atoms with Crippen LogP contribution >= 0.6 is 0 Å². The van der Waals surface area contributed by atoms with Crippen molar-refractivity contribution in [1.82, 2.24) is 10.1 Å². The van der Waals surface area contributed by atoms with Crippen LogP contribution in [-0.4, -0.2) is 15.2 Å². The molecule has 0 amide bonds. The first kappa shape index (κ1) is 13.0. The molecule has 0 aliphatic heterocycles. The number of fused-ring (bicyclic) bond motifs is 3. The Kier molecular flexibility index (Phi) is 3.07. The number of hydrogen-bond acceptors (Lipinski definition) is 4. The van der Waals surface area contributed by atoms with E-state index >= 15 is 0 Å². The molecule has 4 rings (SSSR count). The molecule has 4 unspecified atom stereocenters. The van der Waals surface area contributed by atoms with E-state index in [0.29, 0.717) is 35.9 Å². The average Bonchev–Trinajstić information content (AvgIpc) is 3.05. The van der Waals surface area contributed by atoms with E-state index in [0.717, 1.165) is 12.8 Å². The van der Waals surface area contributed by atoms with Crippen LogP contribution in [-0.2, 0) is 6.42 Å². The van der Waals surface area contributed by atoms with Crippen LogP contribution < -0.4 is 0 Å². The molecule has 1 aromatic heterocycles. The van der Waals surface area contributed by atoms with Crippen molar-refractivity contribution in [2.75, 3.05) is 0 Å². The molecule has 1 saturated carbocycles. The first-order valence-corrected chi connectivity index (χ1v) is 7.89. The molecule has 110 valence electrons. The summed E-state index contributed by atoms with van der Waals surface area (Å²) in [4.78, 5) is 4.46. The first-order valence-electron chi connectivity index (χ1n) is 7.89. The highest BCUT2D eigenvalue weighted by Gasteiger charge is 2.56. The summed E-state index contributed by atoms with van der Waals surface area (Å²) in [6.45, 7) is 2.04. The van der Waals surface area contributed by atoms with Gasteiger partial charge in [0.2, 0.25) is 5.89 Å². The lowest BCUT2D eigenvalue weighted by Crippen LogP contribution is -2.00. The van der Waals surface area contributed by atoms with Crippen molar-refractivity contribution in [2.45, 2.75) is 50.5 Å². The lowest BCUT2D eigenvalue weighted by Gasteiger charge is -2.13. The number of benzene rings is 1. The van der Waals surface area contributed by atoms with Crippen LogP contribution in [0.25, 0.3) is 0 Å². The van der Waals surface area contributed by atoms with E-state index in [1.54, 1.807) is 0 Å². The van der Waals surface area contributed by atoms with Gasteiger partial charge in [0.15, 0.2) is 5.82 Å². The standard InChI is InChI=1S/C17H20N2O2/c1-2-5-13(20)16-18-17(21-19-16)15-12-9-8-10-6-3-4-7-11(10)14(12)15/h3-4,6-7,12-15,20H,2,5,8-9H2,1H3. The molecule has 1 N–H and O–H groups in total. The highest BCUT2D eigenvalue weighted by atomic mass is 16.5. The number of rotatable bonds is 4. The third-order valence-corrected chi connectivity index (χ3v) is 4.93. The average molecular weight is 284 g/mol. The third kappa shape index (κ3) is 2.09. The molecular weight excluding hydrogens is 264 g/mol. The summed E-state index contributed by atoms with van der Waals surface area (Å²) in [6.07, 6.45) is 3.34. The van der Waals surface area contributed by atoms with Crippen LogP contribution in [0, 0.1) is 5.92 Å². The molecule has 2 aliphatic carbocycles. The SMILES string of the molecule is CCCC(O)c1noc(C2C3CCc4ccccc4C32)n1. The predicted octanol–water partition coefficient (Wildman–Crippen LogP) is 3.35. The molecule has 4 nitrogen and oxygen atoms in total. The highest BCUT2D eigenvalue weighted by molar-refractivity contribution is 5.42. The highest BCUT2D eigenvalue weighted by Crippen LogP contribution is 2.64. The molecule has 2 aliphatic rings. The quantitative estimate of drug-likeness (QED) is 0.935. The number of aliphatic hydroxyl groups is 1. The Labute approximate surface area is 124 Å². The van der Waals surface area contributed by atoms with E-state index in [4.69, 9.17) is 4.52 Å². The molecule has 0 spiro atoms. The van der Waals surface area contributed by atoms with Gasteiger partial charge in [-0.15, -0.1) is 0 Å². The smallest absolute Gasteiger partial charge is 0.230 e. The number of aryl methyl sites for hydroxylation is 1. The van der Waals surface area contributed by atoms with Crippen LogP contribution in [0.2, 0.25) is 0 Å². The molecule has 0 radical (unpaired) electrons. The Morgan fingerprint density at radius 1 is 1.33 bits per heavy atom. The number of hydrogen-bond donors (Lipinski definition) is 1. The largest absolute Gasteiger partial charge is 0.385 e. The molecule has 21 heavy (non-hydrogen) atoms. The third-order valence-electron chi connectivity index (χ3n) is 4.93. The lowest BCUT2D eigenvalue weighted by molar-refractivity contribution is 0.152. The number of aliphatic hydroxyl groups excluding tert-OH is 1. The van der Waals surface area contributed by atoms with Gasteiger partial charge in [-0.3, -0.25) is 0 Å². The summed E-state index contributed by atoms with van der Waals surface area (Å²) >= 11 is 0. The molecule has 0 saturated heterocycles. The minimum absolute atomic E-state index is 0.351. The normalized spacial score (nSPS) is 27.8. The van der Waals surface area contributed by atoms with E-state index in [2.05, 4.69) is 34.4 Å². The van der Waals surface area contributed by atoms with Gasteiger partial charge in [0.1, 0.15) is 6.10 Å². The Hall–Kier alpha value is -1.68. The van der Waals surface area contributed by atoms with Crippen LogP contribution in [0.4, 0.5) is 0 Å². The summed E-state index contributed by atoms with van der Waals surface area (Å²) in [7, 11) is 0. The maximum Gasteiger partial charge on any atom is 0.230 e. The van der Waals surface area contributed by atoms with Gasteiger partial charge in [0.25, 0.3) is 0 Å². The Balaban J connectivity index is 1.57. The fourth-order valence-corrected chi connectivity index (χ4v) is 3.82. The lowest BCUT2D eigenvalue weighted by atomic mass is 9.92. The second kappa shape index (κ2) is 4.95. The zero-order chi connectivity index (χ0) is 14.4. The van der Waals surface area contributed by atoms with Gasteiger partial charge in [-0.2, -0.15) is 4.98 Å². The summed E-state index contributed by atoms with van der Waals surface area (Å²) in [5.41, 5.74) is 2.92. The van der Waals surface area contributed by atoms with Gasteiger partial charge in [-0.1, -0.05) is 42.8 Å². The van der Waals surface area contributed by atoms with Crippen molar-refractivity contribution in [3.63, 3.8) is 0 Å². The topological polar surface area (TPSA) is 59.2 Å². The summed E-state index contributed by atoms with van der Waals surface area (Å²) < 4.78 is 5.44. The van der Waals surface area contributed by atoms with Crippen molar-refractivity contribution in [3.8, 4) is 0 Å². The Morgan fingerprint density at radius 3 is 3.05 bits per heavy atom. The van der Waals surface area contributed by atoms with Crippen LogP contribution in [0.15, 0.2) is 28.8 Å². The predicted molar refractivity (Wildman–Crippen MR) is 77.9 cm³/mol. The summed E-state index contributed by atoms with van der Waals surface area (Å²) in [5.74, 6) is 2.68. The van der Waals surface area contributed by atoms with Crippen LogP contribution in [0.3, 0.4) is 0 Å². The molecule has 4 heteroatoms. The Morgan fingerprint density at radius 2 is 2.19 bits per heavy atom. The summed E-state index contributed by atoms with van der Waals surface area (Å²) in [5, 5.41) is 13.9. The molecular formula is C17H20N2O2. The molecule has 4 atom stereocenters. The maximum absolute atomic E-state index is 9.97. The minimum atomic E-state index is -0.597. The van der Waals surface area contributed by atoms with Crippen LogP contribution in [0.5, 0.6) is 0 Å². The second-order valence-corrected chi connectivity index (χ2v) is 6.25. The zero-order valence-corrected chi connectivity index (χ0v) is 12.2. The fourth-order valence-electron chi connectivity index (χ4n) is 3.82. The van der Waals surface area contributed by atoms with E-state index in [1.165, 1.54) is 17.5 Å². The number of aromatic nitrogens is 2. The van der Waals surface area contributed by atoms with Crippen molar-refractivity contribution >= 4 is 0 Å². The van der Waals surface area contributed by atoms with Crippen molar-refractivity contribution in [1.29, 1.82) is 0 Å². The van der Waals surface area contributed by atoms with Gasteiger partial charge in [0.05, 0.1) is 0 Å². The molecule has 1 heterocycles. The second-order valence-electron chi connectivity index (χ2n) is 6.25. The van der Waals surface area contributed by atoms with Gasteiger partial charge in [0, 0.05) is 5.92 Å². The Bertz CT molecular complexity index is 652. The van der Waals surface area contributed by atoms with E-state index in [-0.39, 0.29) is 0 Å². The van der Waals surface area contributed by atoms with Crippen LogP contribution in [0.1, 0.15) is 67.0 Å². The zero-order valence-electron chi connectivity index (χ0n) is 12.2. The first-order chi connectivity index (χ1) is 10.3. The van der Waals surface area contributed by atoms with E-state index in [1.807, 2.05) is 6.92 Å². The maximum atomic E-state index is 9.97. The van der Waals surface area contributed by atoms with Crippen molar-refractivity contribution in [2.24, 2.45) is 5.92 Å². The molecule has 1 fully saturated rings. The molecule has 1 aromatic carbocycles. The van der Waals surface area contributed by atoms with Crippen molar-refractivity contribution in [3.05, 3.63) is 47.1 Å². The van der Waals surface area contributed by atoms with E-state index in [9.17, 15) is 5.11 Å². The minimum Gasteiger partial charge on any atom is -0.385 e. The number of nitrogens with zero attached hydrogens (tertiary/aromatic N) is 2. The van der Waals surface area contributed by atoms with Gasteiger partial charge in [-0.25, -0.2) is 0 Å². The van der Waals surface area contributed by atoms with Gasteiger partial charge in [-0.05, 0) is 42.2 Å². The summed E-state index contributed by atoms with van der Waals surface area (Å²) in [6, 6.07) is 8.68. The van der Waals surface area contributed by atoms with Gasteiger partial charge < -0.3 is 9.63 Å². The van der Waals surface area contributed by atoms with Gasteiger partial charge >= 0.3 is 0 Å². The van der Waals surface area contributed by atoms with E-state index < -0.39 is 6.10 Å². The van der Waals surface area contributed by atoms with Crippen molar-refractivity contribution < 1.29 is 9.63 Å². The monoisotopic (exact) mass is 284 g/mol.